The number of aromatic nitrogens is 1. The molecule has 2 heterocycles. The molecule has 2 amide bonds. The zero-order valence-corrected chi connectivity index (χ0v) is 11.1. The van der Waals surface area contributed by atoms with Gasteiger partial charge in [-0.15, -0.1) is 0 Å². The van der Waals surface area contributed by atoms with E-state index in [1.165, 1.54) is 11.1 Å². The summed E-state index contributed by atoms with van der Waals surface area (Å²) in [4.78, 5) is 28.2. The molecule has 0 aliphatic carbocycles. The minimum absolute atomic E-state index is 0.0596. The Hall–Kier alpha value is -2.96. The van der Waals surface area contributed by atoms with E-state index >= 15 is 0 Å². The number of hydrogen-bond donors (Lipinski definition) is 3. The first-order valence-corrected chi connectivity index (χ1v) is 6.37. The summed E-state index contributed by atoms with van der Waals surface area (Å²) in [6.07, 6.45) is 0.654. The number of anilines is 2. The van der Waals surface area contributed by atoms with Crippen molar-refractivity contribution in [1.29, 1.82) is 0 Å². The highest BCUT2D eigenvalue weighted by Gasteiger charge is 2.33. The average Bonchev–Trinajstić information content (AvgIpc) is 2.92. The molecule has 0 saturated heterocycles. The van der Waals surface area contributed by atoms with Crippen LogP contribution in [0.2, 0.25) is 0 Å². The monoisotopic (exact) mass is 286 g/mol. The lowest BCUT2D eigenvalue weighted by Crippen LogP contribution is -2.49. The number of nitrogen functional groups attached to an aromatic ring is 1. The highest BCUT2D eigenvalue weighted by atomic mass is 16.5. The van der Waals surface area contributed by atoms with Crippen LogP contribution in [-0.2, 0) is 4.79 Å². The van der Waals surface area contributed by atoms with Crippen molar-refractivity contribution >= 4 is 23.2 Å². The van der Waals surface area contributed by atoms with Crippen LogP contribution in [0.5, 0.6) is 5.75 Å². The molecule has 1 atom stereocenters. The highest BCUT2D eigenvalue weighted by Crippen LogP contribution is 2.33. The van der Waals surface area contributed by atoms with Gasteiger partial charge in [-0.1, -0.05) is 12.1 Å². The minimum Gasteiger partial charge on any atom is -0.477 e. The lowest BCUT2D eigenvalue weighted by molar-refractivity contribution is -0.124. The van der Waals surface area contributed by atoms with Crippen molar-refractivity contribution < 1.29 is 14.3 Å². The van der Waals surface area contributed by atoms with Crippen molar-refractivity contribution in [1.82, 2.24) is 4.98 Å². The largest absolute Gasteiger partial charge is 0.477 e. The summed E-state index contributed by atoms with van der Waals surface area (Å²) in [5.74, 6) is -0.470. The van der Waals surface area contributed by atoms with E-state index in [1.807, 2.05) is 0 Å². The fourth-order valence-corrected chi connectivity index (χ4v) is 2.25. The van der Waals surface area contributed by atoms with E-state index in [0.717, 1.165) is 0 Å². The first kappa shape index (κ1) is 13.0. The maximum Gasteiger partial charge on any atom is 0.275 e. The standard InChI is InChI=1S/C14H14N4O3/c15-8-5-9(17-6-8)14(20)18-7-12(13(16)19)21-11-4-2-1-3-10(11)18/h1-6,12,17H,7,15H2,(H2,16,19). The van der Waals surface area contributed by atoms with Crippen molar-refractivity contribution in [3.63, 3.8) is 0 Å². The molecule has 0 spiro atoms. The van der Waals surface area contributed by atoms with Gasteiger partial charge in [0, 0.05) is 11.9 Å². The Labute approximate surface area is 120 Å². The van der Waals surface area contributed by atoms with Crippen molar-refractivity contribution in [3.05, 3.63) is 42.2 Å². The molecule has 0 radical (unpaired) electrons. The van der Waals surface area contributed by atoms with Gasteiger partial charge in [0.25, 0.3) is 11.8 Å². The van der Waals surface area contributed by atoms with Crippen LogP contribution in [0.25, 0.3) is 0 Å². The molecule has 5 N–H and O–H groups in total. The second-order valence-corrected chi connectivity index (χ2v) is 4.74. The number of H-pyrrole nitrogens is 1. The van der Waals surface area contributed by atoms with Crippen molar-refractivity contribution in [2.45, 2.75) is 6.10 Å². The number of nitrogens with two attached hydrogens (primary N) is 2. The Morgan fingerprint density at radius 3 is 2.76 bits per heavy atom. The van der Waals surface area contributed by atoms with Crippen LogP contribution in [0.3, 0.4) is 0 Å². The summed E-state index contributed by atoms with van der Waals surface area (Å²) < 4.78 is 5.51. The fourth-order valence-electron chi connectivity index (χ4n) is 2.25. The lowest BCUT2D eigenvalue weighted by atomic mass is 10.1. The molecule has 1 aromatic carbocycles. The number of hydrogen-bond acceptors (Lipinski definition) is 4. The maximum absolute atomic E-state index is 12.6. The molecule has 0 bridgehead atoms. The van der Waals surface area contributed by atoms with Gasteiger partial charge in [-0.05, 0) is 18.2 Å². The third-order valence-electron chi connectivity index (χ3n) is 3.27. The Balaban J connectivity index is 2.00. The molecule has 7 nitrogen and oxygen atoms in total. The van der Waals surface area contributed by atoms with Gasteiger partial charge in [0.15, 0.2) is 6.10 Å². The van der Waals surface area contributed by atoms with Crippen LogP contribution in [-0.4, -0.2) is 29.4 Å². The number of aromatic amines is 1. The first-order valence-electron chi connectivity index (χ1n) is 6.37. The van der Waals surface area contributed by atoms with Crippen LogP contribution < -0.4 is 21.1 Å². The maximum atomic E-state index is 12.6. The predicted molar refractivity (Wildman–Crippen MR) is 76.9 cm³/mol. The lowest BCUT2D eigenvalue weighted by Gasteiger charge is -2.33. The third-order valence-corrected chi connectivity index (χ3v) is 3.27. The first-order chi connectivity index (χ1) is 10.1. The van der Waals surface area contributed by atoms with Crippen LogP contribution in [0.1, 0.15) is 10.5 Å². The van der Waals surface area contributed by atoms with Crippen LogP contribution in [0, 0.1) is 0 Å². The molecule has 1 unspecified atom stereocenters. The molecule has 1 aliphatic heterocycles. The summed E-state index contributed by atoms with van der Waals surface area (Å²) in [6, 6.07) is 8.53. The van der Waals surface area contributed by atoms with Gasteiger partial charge in [0.2, 0.25) is 0 Å². The predicted octanol–water partition coefficient (Wildman–Crippen LogP) is 0.490. The van der Waals surface area contributed by atoms with Crippen LogP contribution >= 0.6 is 0 Å². The van der Waals surface area contributed by atoms with Gasteiger partial charge in [-0.2, -0.15) is 0 Å². The molecular weight excluding hydrogens is 272 g/mol. The van der Waals surface area contributed by atoms with Crippen LogP contribution in [0.4, 0.5) is 11.4 Å². The topological polar surface area (TPSA) is 114 Å². The quantitative estimate of drug-likeness (QED) is 0.745. The smallest absolute Gasteiger partial charge is 0.275 e. The Kier molecular flexibility index (Phi) is 3.02. The van der Waals surface area contributed by atoms with Gasteiger partial charge < -0.3 is 21.2 Å². The SMILES string of the molecule is NC(=O)C1CN(C(=O)c2cc(N)c[nH]2)c2ccccc2O1. The molecule has 21 heavy (non-hydrogen) atoms. The molecule has 0 saturated carbocycles. The molecule has 1 aromatic heterocycles. The number of benzene rings is 1. The van der Waals surface area contributed by atoms with Gasteiger partial charge in [0.05, 0.1) is 12.2 Å². The molecule has 7 heteroatoms. The molecule has 108 valence electrons. The third kappa shape index (κ3) is 2.29. The second kappa shape index (κ2) is 4.86. The average molecular weight is 286 g/mol. The number of amides is 2. The van der Waals surface area contributed by atoms with E-state index < -0.39 is 12.0 Å². The van der Waals surface area contributed by atoms with Gasteiger partial charge in [-0.3, -0.25) is 14.5 Å². The Bertz CT molecular complexity index is 710. The molecular formula is C14H14N4O3. The molecule has 2 aromatic rings. The Morgan fingerprint density at radius 2 is 2.10 bits per heavy atom. The molecule has 3 rings (SSSR count). The van der Waals surface area contributed by atoms with E-state index in [-0.39, 0.29) is 12.5 Å². The fraction of sp³-hybridized carbons (Fsp3) is 0.143. The number of carbonyl (C=O) groups is 2. The minimum atomic E-state index is -0.879. The van der Waals surface area contributed by atoms with Crippen molar-refractivity contribution in [3.8, 4) is 5.75 Å². The van der Waals surface area contributed by atoms with E-state index in [0.29, 0.717) is 22.8 Å². The zero-order chi connectivity index (χ0) is 15.0. The summed E-state index contributed by atoms with van der Waals surface area (Å²) in [5.41, 5.74) is 12.3. The van der Waals surface area contributed by atoms with Gasteiger partial charge in [-0.25, -0.2) is 0 Å². The second-order valence-electron chi connectivity index (χ2n) is 4.74. The highest BCUT2D eigenvalue weighted by molar-refractivity contribution is 6.07. The Morgan fingerprint density at radius 1 is 1.33 bits per heavy atom. The summed E-state index contributed by atoms with van der Waals surface area (Å²) in [5, 5.41) is 0. The zero-order valence-electron chi connectivity index (χ0n) is 11.1. The van der Waals surface area contributed by atoms with E-state index in [2.05, 4.69) is 4.98 Å². The summed E-state index contributed by atoms with van der Waals surface area (Å²) in [7, 11) is 0. The van der Waals surface area contributed by atoms with E-state index in [9.17, 15) is 9.59 Å². The van der Waals surface area contributed by atoms with E-state index in [1.54, 1.807) is 30.3 Å². The van der Waals surface area contributed by atoms with Crippen molar-refractivity contribution in [2.24, 2.45) is 5.73 Å². The number of para-hydroxylation sites is 2. The van der Waals surface area contributed by atoms with Gasteiger partial charge >= 0.3 is 0 Å². The number of nitrogens with zero attached hydrogens (tertiary/aromatic N) is 1. The summed E-state index contributed by atoms with van der Waals surface area (Å²) in [6.45, 7) is 0.0596. The van der Waals surface area contributed by atoms with E-state index in [4.69, 9.17) is 16.2 Å². The normalized spacial score (nSPS) is 17.0. The number of nitrogens with one attached hydrogen (secondary N) is 1. The number of rotatable bonds is 2. The van der Waals surface area contributed by atoms with Crippen LogP contribution in [0.15, 0.2) is 36.5 Å². The number of primary amides is 1. The molecule has 1 aliphatic rings. The van der Waals surface area contributed by atoms with Gasteiger partial charge in [0.1, 0.15) is 11.4 Å². The number of ether oxygens (including phenoxy) is 1. The number of fused-ring (bicyclic) bond motifs is 1. The summed E-state index contributed by atoms with van der Waals surface area (Å²) >= 11 is 0. The number of carbonyl (C=O) groups excluding carboxylic acids is 2. The molecule has 0 fully saturated rings. The van der Waals surface area contributed by atoms with Crippen molar-refractivity contribution in [2.75, 3.05) is 17.2 Å².